The summed E-state index contributed by atoms with van der Waals surface area (Å²) in [5.74, 6) is 0.164. The van der Waals surface area contributed by atoms with Crippen LogP contribution in [0.4, 0.5) is 0 Å². The van der Waals surface area contributed by atoms with E-state index in [2.05, 4.69) is 6.58 Å². The fraction of sp³-hybridized carbons (Fsp3) is 0.577. The molecule has 33 heavy (non-hydrogen) atoms. The fourth-order valence-corrected chi connectivity index (χ4v) is 3.87. The summed E-state index contributed by atoms with van der Waals surface area (Å²) in [5, 5.41) is 0. The molecule has 0 atom stereocenters. The number of esters is 3. The lowest BCUT2D eigenvalue weighted by atomic mass is 9.82. The van der Waals surface area contributed by atoms with Crippen molar-refractivity contribution in [3.8, 4) is 11.5 Å². The first kappa shape index (κ1) is 26.4. The SMILES string of the molecule is C=CC(=O)OCCCCCCCCOc1ccc(OC(=O)C2CCC(C(=O)OC)CC2)cc1. The van der Waals surface area contributed by atoms with Crippen LogP contribution in [0.2, 0.25) is 0 Å². The Balaban J connectivity index is 1.54. The molecular weight excluding hydrogens is 424 g/mol. The Hall–Kier alpha value is -2.83. The smallest absolute Gasteiger partial charge is 0.330 e. The minimum absolute atomic E-state index is 0.107. The van der Waals surface area contributed by atoms with E-state index < -0.39 is 0 Å². The van der Waals surface area contributed by atoms with Crippen LogP contribution in [0.1, 0.15) is 64.2 Å². The van der Waals surface area contributed by atoms with Crippen LogP contribution in [0.15, 0.2) is 36.9 Å². The first-order valence-corrected chi connectivity index (χ1v) is 11.8. The molecule has 0 N–H and O–H groups in total. The Morgan fingerprint density at radius 3 is 1.91 bits per heavy atom. The first-order chi connectivity index (χ1) is 16.0. The van der Waals surface area contributed by atoms with E-state index in [-0.39, 0.29) is 29.7 Å². The topological polar surface area (TPSA) is 88.1 Å². The van der Waals surface area contributed by atoms with Crippen LogP contribution in [0.3, 0.4) is 0 Å². The highest BCUT2D eigenvalue weighted by atomic mass is 16.5. The summed E-state index contributed by atoms with van der Waals surface area (Å²) >= 11 is 0. The summed E-state index contributed by atoms with van der Waals surface area (Å²) in [6.45, 7) is 4.46. The maximum absolute atomic E-state index is 12.4. The molecular formula is C26H36O7. The molecule has 7 heteroatoms. The second-order valence-electron chi connectivity index (χ2n) is 8.31. The second kappa shape index (κ2) is 15.1. The number of hydrogen-bond acceptors (Lipinski definition) is 7. The van der Waals surface area contributed by atoms with Gasteiger partial charge in [-0.2, -0.15) is 0 Å². The van der Waals surface area contributed by atoms with E-state index in [4.69, 9.17) is 18.9 Å². The van der Waals surface area contributed by atoms with E-state index in [9.17, 15) is 14.4 Å². The van der Waals surface area contributed by atoms with Crippen molar-refractivity contribution in [1.29, 1.82) is 0 Å². The van der Waals surface area contributed by atoms with Crippen molar-refractivity contribution in [3.63, 3.8) is 0 Å². The zero-order valence-corrected chi connectivity index (χ0v) is 19.6. The van der Waals surface area contributed by atoms with Gasteiger partial charge in [0.05, 0.1) is 32.2 Å². The molecule has 7 nitrogen and oxygen atoms in total. The van der Waals surface area contributed by atoms with Gasteiger partial charge in [-0.05, 0) is 62.8 Å². The molecule has 1 aromatic rings. The number of unbranched alkanes of at least 4 members (excludes halogenated alkanes) is 5. The highest BCUT2D eigenvalue weighted by Crippen LogP contribution is 2.31. The van der Waals surface area contributed by atoms with Crippen LogP contribution < -0.4 is 9.47 Å². The molecule has 0 spiro atoms. The maximum atomic E-state index is 12.4. The number of hydrogen-bond donors (Lipinski definition) is 0. The fourth-order valence-electron chi connectivity index (χ4n) is 3.87. The van der Waals surface area contributed by atoms with E-state index in [1.807, 2.05) is 0 Å². The average Bonchev–Trinajstić information content (AvgIpc) is 2.85. The summed E-state index contributed by atoms with van der Waals surface area (Å²) in [6, 6.07) is 7.10. The van der Waals surface area contributed by atoms with Crippen LogP contribution in [0, 0.1) is 11.8 Å². The normalized spacial score (nSPS) is 17.6. The Morgan fingerprint density at radius 2 is 1.33 bits per heavy atom. The third kappa shape index (κ3) is 10.1. The highest BCUT2D eigenvalue weighted by Gasteiger charge is 2.31. The van der Waals surface area contributed by atoms with Crippen molar-refractivity contribution in [2.24, 2.45) is 11.8 Å². The van der Waals surface area contributed by atoms with E-state index in [1.54, 1.807) is 24.3 Å². The summed E-state index contributed by atoms with van der Waals surface area (Å²) in [7, 11) is 1.40. The molecule has 1 saturated carbocycles. The van der Waals surface area contributed by atoms with Crippen LogP contribution in [-0.4, -0.2) is 38.2 Å². The van der Waals surface area contributed by atoms with E-state index >= 15 is 0 Å². The standard InChI is InChI=1S/C26H36O7/c1-3-24(27)32-19-9-7-5-4-6-8-18-31-22-14-16-23(17-15-22)33-26(29)21-12-10-20(11-13-21)25(28)30-2/h3,14-17,20-21H,1,4-13,18-19H2,2H3. The number of carbonyl (C=O) groups excluding carboxylic acids is 3. The van der Waals surface area contributed by atoms with Gasteiger partial charge >= 0.3 is 17.9 Å². The minimum atomic E-state index is -0.363. The third-order valence-electron chi connectivity index (χ3n) is 5.86. The zero-order chi connectivity index (χ0) is 23.9. The number of methoxy groups -OCH3 is 1. The summed E-state index contributed by atoms with van der Waals surface area (Å²) < 4.78 is 21.0. The zero-order valence-electron chi connectivity index (χ0n) is 19.6. The largest absolute Gasteiger partial charge is 0.494 e. The monoisotopic (exact) mass is 460 g/mol. The van der Waals surface area contributed by atoms with Gasteiger partial charge in [-0.25, -0.2) is 4.79 Å². The molecule has 1 fully saturated rings. The Kier molecular flexibility index (Phi) is 12.1. The molecule has 0 aliphatic heterocycles. The van der Waals surface area contributed by atoms with Gasteiger partial charge in [-0.15, -0.1) is 0 Å². The van der Waals surface area contributed by atoms with Crippen LogP contribution in [-0.2, 0) is 23.9 Å². The van der Waals surface area contributed by atoms with Gasteiger partial charge in [0.15, 0.2) is 0 Å². The average molecular weight is 461 g/mol. The predicted molar refractivity (Wildman–Crippen MR) is 124 cm³/mol. The van der Waals surface area contributed by atoms with Crippen LogP contribution >= 0.6 is 0 Å². The Morgan fingerprint density at radius 1 is 0.818 bits per heavy atom. The third-order valence-corrected chi connectivity index (χ3v) is 5.86. The van der Waals surface area contributed by atoms with Crippen molar-refractivity contribution in [1.82, 2.24) is 0 Å². The molecule has 2 rings (SSSR count). The number of carbonyl (C=O) groups is 3. The van der Waals surface area contributed by atoms with Crippen molar-refractivity contribution in [2.75, 3.05) is 20.3 Å². The molecule has 182 valence electrons. The lowest BCUT2D eigenvalue weighted by Gasteiger charge is -2.25. The van der Waals surface area contributed by atoms with Gasteiger partial charge in [0.2, 0.25) is 0 Å². The molecule has 0 heterocycles. The summed E-state index contributed by atoms with van der Waals surface area (Å²) in [6.07, 6.45) is 9.98. The Labute approximate surface area is 196 Å². The van der Waals surface area contributed by atoms with E-state index in [1.165, 1.54) is 13.2 Å². The van der Waals surface area contributed by atoms with Crippen LogP contribution in [0.5, 0.6) is 11.5 Å². The lowest BCUT2D eigenvalue weighted by molar-refractivity contribution is -0.149. The predicted octanol–water partition coefficient (Wildman–Crippen LogP) is 5.02. The highest BCUT2D eigenvalue weighted by molar-refractivity contribution is 5.81. The van der Waals surface area contributed by atoms with Gasteiger partial charge in [-0.3, -0.25) is 9.59 Å². The van der Waals surface area contributed by atoms with Crippen molar-refractivity contribution < 1.29 is 33.3 Å². The molecule has 0 bridgehead atoms. The van der Waals surface area contributed by atoms with Crippen molar-refractivity contribution in [2.45, 2.75) is 64.2 Å². The lowest BCUT2D eigenvalue weighted by Crippen LogP contribution is -2.29. The molecule has 0 amide bonds. The molecule has 0 radical (unpaired) electrons. The number of benzene rings is 1. The second-order valence-corrected chi connectivity index (χ2v) is 8.31. The first-order valence-electron chi connectivity index (χ1n) is 11.8. The van der Waals surface area contributed by atoms with Gasteiger partial charge in [-0.1, -0.05) is 32.3 Å². The molecule has 0 aromatic heterocycles. The van der Waals surface area contributed by atoms with E-state index in [0.717, 1.165) is 44.3 Å². The van der Waals surface area contributed by atoms with Crippen LogP contribution in [0.25, 0.3) is 0 Å². The molecule has 0 unspecified atom stereocenters. The van der Waals surface area contributed by atoms with E-state index in [0.29, 0.717) is 44.6 Å². The molecule has 1 aliphatic rings. The maximum Gasteiger partial charge on any atom is 0.330 e. The van der Waals surface area contributed by atoms with Gasteiger partial charge in [0, 0.05) is 6.08 Å². The summed E-state index contributed by atoms with van der Waals surface area (Å²) in [5.41, 5.74) is 0. The molecule has 0 saturated heterocycles. The van der Waals surface area contributed by atoms with Crippen molar-refractivity contribution in [3.05, 3.63) is 36.9 Å². The molecule has 1 aliphatic carbocycles. The summed E-state index contributed by atoms with van der Waals surface area (Å²) in [4.78, 5) is 34.9. The molecule has 1 aromatic carbocycles. The quantitative estimate of drug-likeness (QED) is 0.167. The van der Waals surface area contributed by atoms with Gasteiger partial charge in [0.1, 0.15) is 11.5 Å². The number of ether oxygens (including phenoxy) is 4. The minimum Gasteiger partial charge on any atom is -0.494 e. The van der Waals surface area contributed by atoms with Gasteiger partial charge < -0.3 is 18.9 Å². The van der Waals surface area contributed by atoms with Gasteiger partial charge in [0.25, 0.3) is 0 Å². The Bertz CT molecular complexity index is 748. The number of rotatable bonds is 14. The van der Waals surface area contributed by atoms with Crippen molar-refractivity contribution >= 4 is 17.9 Å².